The van der Waals surface area contributed by atoms with Gasteiger partial charge in [-0.1, -0.05) is 22.9 Å². The summed E-state index contributed by atoms with van der Waals surface area (Å²) in [5.41, 5.74) is 2.17. The van der Waals surface area contributed by atoms with Crippen LogP contribution in [0.5, 0.6) is 0 Å². The molecule has 2 rings (SSSR count). The normalized spacial score (nSPS) is 18.8. The number of amides is 1. The van der Waals surface area contributed by atoms with Gasteiger partial charge in [0, 0.05) is 35.5 Å². The van der Waals surface area contributed by atoms with E-state index in [-0.39, 0.29) is 17.7 Å². The number of hydrogen-bond donors (Lipinski definition) is 0. The van der Waals surface area contributed by atoms with Crippen LogP contribution in [0.4, 0.5) is 5.69 Å². The van der Waals surface area contributed by atoms with Crippen LogP contribution in [0.1, 0.15) is 38.2 Å². The van der Waals surface area contributed by atoms with Crippen LogP contribution >= 0.6 is 15.9 Å². The van der Waals surface area contributed by atoms with Crippen molar-refractivity contribution >= 4 is 27.5 Å². The minimum absolute atomic E-state index is 0.0590. The first kappa shape index (κ1) is 14.1. The van der Waals surface area contributed by atoms with E-state index in [9.17, 15) is 4.79 Å². The number of rotatable bonds is 3. The highest BCUT2D eigenvalue weighted by molar-refractivity contribution is 9.10. The zero-order chi connectivity index (χ0) is 14.0. The number of halogens is 1. The third kappa shape index (κ3) is 2.82. The molecule has 0 spiro atoms. The minimum Gasteiger partial charge on any atom is -0.312 e. The van der Waals surface area contributed by atoms with Crippen LogP contribution in [0.15, 0.2) is 22.7 Å². The van der Waals surface area contributed by atoms with Gasteiger partial charge in [0.1, 0.15) is 0 Å². The maximum Gasteiger partial charge on any atom is 0.223 e. The van der Waals surface area contributed by atoms with Crippen LogP contribution in [0, 0.1) is 17.2 Å². The van der Waals surface area contributed by atoms with Gasteiger partial charge in [-0.2, -0.15) is 5.26 Å². The molecule has 1 amide bonds. The Morgan fingerprint density at radius 3 is 2.95 bits per heavy atom. The van der Waals surface area contributed by atoms with Gasteiger partial charge in [-0.05, 0) is 36.6 Å². The van der Waals surface area contributed by atoms with Crippen LogP contribution in [-0.2, 0) is 4.79 Å². The highest BCUT2D eigenvalue weighted by atomic mass is 79.9. The van der Waals surface area contributed by atoms with Crippen molar-refractivity contribution in [1.82, 2.24) is 0 Å². The van der Waals surface area contributed by atoms with E-state index in [4.69, 9.17) is 5.26 Å². The van der Waals surface area contributed by atoms with Crippen molar-refractivity contribution in [2.24, 2.45) is 5.92 Å². The smallest absolute Gasteiger partial charge is 0.223 e. The summed E-state index contributed by atoms with van der Waals surface area (Å²) in [5.74, 6) is 0.390. The van der Waals surface area contributed by atoms with Gasteiger partial charge in [0.25, 0.3) is 0 Å². The Morgan fingerprint density at radius 1 is 1.63 bits per heavy atom. The van der Waals surface area contributed by atoms with E-state index in [0.29, 0.717) is 6.54 Å². The maximum absolute atomic E-state index is 11.7. The van der Waals surface area contributed by atoms with E-state index in [1.165, 1.54) is 5.56 Å². The molecule has 1 aliphatic rings. The lowest BCUT2D eigenvalue weighted by Gasteiger charge is -2.16. The summed E-state index contributed by atoms with van der Waals surface area (Å²) in [4.78, 5) is 13.5. The van der Waals surface area contributed by atoms with Gasteiger partial charge in [0.2, 0.25) is 5.91 Å². The monoisotopic (exact) mass is 320 g/mol. The Labute approximate surface area is 122 Å². The van der Waals surface area contributed by atoms with Gasteiger partial charge in [-0.3, -0.25) is 4.79 Å². The van der Waals surface area contributed by atoms with Crippen LogP contribution in [0.2, 0.25) is 0 Å². The first-order chi connectivity index (χ1) is 9.06. The van der Waals surface area contributed by atoms with Gasteiger partial charge in [0.05, 0.1) is 6.07 Å². The van der Waals surface area contributed by atoms with Gasteiger partial charge in [-0.15, -0.1) is 0 Å². The Hall–Kier alpha value is -1.34. The molecule has 100 valence electrons. The standard InChI is InChI=1S/C15H17BrN2O/c1-3-11(8-17)6-12-9-18(10(2)19)15-5-4-13(16)7-14(12)15/h4-5,7,11-12H,3,6,9H2,1-2H3. The van der Waals surface area contributed by atoms with Gasteiger partial charge in [-0.25, -0.2) is 0 Å². The van der Waals surface area contributed by atoms with Gasteiger partial charge < -0.3 is 4.90 Å². The Bertz CT molecular complexity index is 535. The maximum atomic E-state index is 11.7. The summed E-state index contributed by atoms with van der Waals surface area (Å²) in [6.45, 7) is 4.32. The second-order valence-electron chi connectivity index (χ2n) is 5.00. The molecule has 2 atom stereocenters. The zero-order valence-electron chi connectivity index (χ0n) is 11.2. The summed E-state index contributed by atoms with van der Waals surface area (Å²) in [7, 11) is 0. The molecule has 1 aromatic carbocycles. The van der Waals surface area contributed by atoms with Crippen LogP contribution in [0.25, 0.3) is 0 Å². The number of fused-ring (bicyclic) bond motifs is 1. The van der Waals surface area contributed by atoms with E-state index in [1.54, 1.807) is 6.92 Å². The average molecular weight is 321 g/mol. The second-order valence-corrected chi connectivity index (χ2v) is 5.92. The van der Waals surface area contributed by atoms with E-state index in [0.717, 1.165) is 23.0 Å². The molecule has 1 aromatic rings. The molecule has 2 unspecified atom stereocenters. The average Bonchev–Trinajstić information content (AvgIpc) is 2.74. The number of carbonyl (C=O) groups excluding carboxylic acids is 1. The lowest BCUT2D eigenvalue weighted by atomic mass is 9.90. The topological polar surface area (TPSA) is 44.1 Å². The molecular formula is C15H17BrN2O. The van der Waals surface area contributed by atoms with Crippen molar-refractivity contribution in [3.05, 3.63) is 28.2 Å². The zero-order valence-corrected chi connectivity index (χ0v) is 12.8. The molecule has 0 N–H and O–H groups in total. The number of carbonyl (C=O) groups is 1. The van der Waals surface area contributed by atoms with Crippen molar-refractivity contribution in [1.29, 1.82) is 5.26 Å². The van der Waals surface area contributed by atoms with E-state index >= 15 is 0 Å². The highest BCUT2D eigenvalue weighted by Crippen LogP contribution is 2.41. The number of nitrogens with zero attached hydrogens (tertiary/aromatic N) is 2. The fourth-order valence-corrected chi connectivity index (χ4v) is 3.05. The summed E-state index contributed by atoms with van der Waals surface area (Å²) >= 11 is 3.48. The molecule has 0 saturated heterocycles. The fraction of sp³-hybridized carbons (Fsp3) is 0.467. The molecule has 3 nitrogen and oxygen atoms in total. The van der Waals surface area contributed by atoms with Crippen LogP contribution in [0.3, 0.4) is 0 Å². The Morgan fingerprint density at radius 2 is 2.37 bits per heavy atom. The summed E-state index contributed by atoms with van der Waals surface area (Å²) in [5, 5.41) is 9.12. The summed E-state index contributed by atoms with van der Waals surface area (Å²) in [6.07, 6.45) is 1.68. The molecule has 1 aliphatic heterocycles. The van der Waals surface area contributed by atoms with Crippen molar-refractivity contribution in [2.75, 3.05) is 11.4 Å². The molecular weight excluding hydrogens is 304 g/mol. The molecule has 0 aliphatic carbocycles. The lowest BCUT2D eigenvalue weighted by Crippen LogP contribution is -2.27. The van der Waals surface area contributed by atoms with E-state index < -0.39 is 0 Å². The molecule has 0 bridgehead atoms. The van der Waals surface area contributed by atoms with Crippen molar-refractivity contribution < 1.29 is 4.79 Å². The second kappa shape index (κ2) is 5.75. The number of benzene rings is 1. The van der Waals surface area contributed by atoms with Crippen LogP contribution < -0.4 is 4.90 Å². The number of anilines is 1. The molecule has 0 saturated carbocycles. The number of nitriles is 1. The van der Waals surface area contributed by atoms with Crippen molar-refractivity contribution in [3.8, 4) is 6.07 Å². The minimum atomic E-state index is 0.0590. The van der Waals surface area contributed by atoms with E-state index in [1.807, 2.05) is 24.0 Å². The molecule has 4 heteroatoms. The lowest BCUT2D eigenvalue weighted by molar-refractivity contribution is -0.116. The highest BCUT2D eigenvalue weighted by Gasteiger charge is 2.32. The predicted octanol–water partition coefficient (Wildman–Crippen LogP) is 3.84. The quantitative estimate of drug-likeness (QED) is 0.849. The summed E-state index contributed by atoms with van der Waals surface area (Å²) in [6, 6.07) is 8.37. The van der Waals surface area contributed by atoms with Gasteiger partial charge in [0.15, 0.2) is 0 Å². The number of hydrogen-bond acceptors (Lipinski definition) is 2. The Kier molecular flexibility index (Phi) is 4.26. The molecule has 1 heterocycles. The molecule has 19 heavy (non-hydrogen) atoms. The predicted molar refractivity (Wildman–Crippen MR) is 78.9 cm³/mol. The first-order valence-corrected chi connectivity index (χ1v) is 7.33. The van der Waals surface area contributed by atoms with E-state index in [2.05, 4.69) is 28.1 Å². The summed E-state index contributed by atoms with van der Waals surface area (Å²) < 4.78 is 1.02. The third-order valence-electron chi connectivity index (χ3n) is 3.75. The third-order valence-corrected chi connectivity index (χ3v) is 4.24. The molecule has 0 radical (unpaired) electrons. The van der Waals surface area contributed by atoms with Gasteiger partial charge >= 0.3 is 0 Å². The Balaban J connectivity index is 2.32. The van der Waals surface area contributed by atoms with Crippen molar-refractivity contribution in [3.63, 3.8) is 0 Å². The largest absolute Gasteiger partial charge is 0.312 e. The van der Waals surface area contributed by atoms with Crippen LogP contribution in [-0.4, -0.2) is 12.5 Å². The first-order valence-electron chi connectivity index (χ1n) is 6.54. The fourth-order valence-electron chi connectivity index (χ4n) is 2.67. The molecule has 0 aromatic heterocycles. The molecule has 0 fully saturated rings. The SMILES string of the molecule is CCC(C#N)CC1CN(C(C)=O)c2ccc(Br)cc21. The van der Waals surface area contributed by atoms with Crippen molar-refractivity contribution in [2.45, 2.75) is 32.6 Å².